The van der Waals surface area contributed by atoms with E-state index in [1.54, 1.807) is 14.1 Å². The van der Waals surface area contributed by atoms with Crippen LogP contribution in [-0.2, 0) is 0 Å². The standard InChI is InChI=1S/C14H21N3O4/c1-4-5-11(18)9-15-12-8-10(14(19)16(2)3)6-7-13(12)17(20)21/h6-8,11,15,18H,4-5,9H2,1-3H3. The van der Waals surface area contributed by atoms with Gasteiger partial charge in [0.15, 0.2) is 0 Å². The van der Waals surface area contributed by atoms with E-state index in [-0.39, 0.29) is 23.8 Å². The number of aliphatic hydroxyl groups excluding tert-OH is 1. The third-order valence-electron chi connectivity index (χ3n) is 3.00. The number of nitro groups is 1. The van der Waals surface area contributed by atoms with E-state index >= 15 is 0 Å². The number of nitrogens with zero attached hydrogens (tertiary/aromatic N) is 2. The lowest BCUT2D eigenvalue weighted by Gasteiger charge is -2.14. The minimum atomic E-state index is -0.581. The lowest BCUT2D eigenvalue weighted by Crippen LogP contribution is -2.23. The van der Waals surface area contributed by atoms with Gasteiger partial charge in [-0.15, -0.1) is 0 Å². The molecule has 0 bridgehead atoms. The lowest BCUT2D eigenvalue weighted by atomic mass is 10.1. The van der Waals surface area contributed by atoms with E-state index in [2.05, 4.69) is 5.32 Å². The number of hydrogen-bond acceptors (Lipinski definition) is 5. The van der Waals surface area contributed by atoms with Crippen LogP contribution in [0.15, 0.2) is 18.2 Å². The van der Waals surface area contributed by atoms with Crippen molar-refractivity contribution >= 4 is 17.3 Å². The first-order valence-electron chi connectivity index (χ1n) is 6.78. The zero-order valence-corrected chi connectivity index (χ0v) is 12.5. The summed E-state index contributed by atoms with van der Waals surface area (Å²) >= 11 is 0. The van der Waals surface area contributed by atoms with Crippen molar-refractivity contribution in [2.24, 2.45) is 0 Å². The van der Waals surface area contributed by atoms with Crippen LogP contribution in [0.4, 0.5) is 11.4 Å². The molecule has 1 unspecified atom stereocenters. The molecular formula is C14H21N3O4. The van der Waals surface area contributed by atoms with Crippen LogP contribution in [0.1, 0.15) is 30.1 Å². The number of hydrogen-bond donors (Lipinski definition) is 2. The van der Waals surface area contributed by atoms with E-state index in [9.17, 15) is 20.0 Å². The number of aliphatic hydroxyl groups is 1. The van der Waals surface area contributed by atoms with Crippen LogP contribution in [-0.4, -0.2) is 47.6 Å². The number of nitrogens with one attached hydrogen (secondary N) is 1. The van der Waals surface area contributed by atoms with Gasteiger partial charge in [0.2, 0.25) is 0 Å². The number of nitro benzene ring substituents is 1. The van der Waals surface area contributed by atoms with Crippen LogP contribution < -0.4 is 5.32 Å². The van der Waals surface area contributed by atoms with Crippen LogP contribution in [0, 0.1) is 10.1 Å². The van der Waals surface area contributed by atoms with Crippen molar-refractivity contribution in [1.82, 2.24) is 4.90 Å². The smallest absolute Gasteiger partial charge is 0.292 e. The molecule has 0 heterocycles. The number of carbonyl (C=O) groups excluding carboxylic acids is 1. The molecule has 1 aromatic carbocycles. The fourth-order valence-corrected chi connectivity index (χ4v) is 1.89. The van der Waals surface area contributed by atoms with E-state index in [1.807, 2.05) is 6.92 Å². The van der Waals surface area contributed by atoms with Gasteiger partial charge < -0.3 is 15.3 Å². The molecule has 0 radical (unpaired) electrons. The summed E-state index contributed by atoms with van der Waals surface area (Å²) in [5.74, 6) is -0.234. The maximum absolute atomic E-state index is 11.9. The molecule has 116 valence electrons. The van der Waals surface area contributed by atoms with Crippen LogP contribution >= 0.6 is 0 Å². The zero-order valence-electron chi connectivity index (χ0n) is 12.5. The molecule has 2 N–H and O–H groups in total. The van der Waals surface area contributed by atoms with Crippen molar-refractivity contribution in [3.05, 3.63) is 33.9 Å². The number of amides is 1. The molecule has 0 aromatic heterocycles. The Balaban J connectivity index is 2.99. The van der Waals surface area contributed by atoms with Gasteiger partial charge >= 0.3 is 0 Å². The molecule has 7 heteroatoms. The first-order chi connectivity index (χ1) is 9.86. The quantitative estimate of drug-likeness (QED) is 0.591. The molecule has 1 aromatic rings. The average molecular weight is 295 g/mol. The Morgan fingerprint density at radius 3 is 2.67 bits per heavy atom. The second-order valence-corrected chi connectivity index (χ2v) is 5.01. The van der Waals surface area contributed by atoms with Gasteiger partial charge in [-0.05, 0) is 18.6 Å². The van der Waals surface area contributed by atoms with E-state index in [0.717, 1.165) is 6.42 Å². The average Bonchev–Trinajstić information content (AvgIpc) is 2.44. The van der Waals surface area contributed by atoms with Gasteiger partial charge in [0, 0.05) is 32.3 Å². The monoisotopic (exact) mass is 295 g/mol. The SMILES string of the molecule is CCCC(O)CNc1cc(C(=O)N(C)C)ccc1[N+](=O)[O-]. The molecule has 0 saturated carbocycles. The predicted molar refractivity (Wildman–Crippen MR) is 80.5 cm³/mol. The Hall–Kier alpha value is -2.15. The summed E-state index contributed by atoms with van der Waals surface area (Å²) in [6.07, 6.45) is 0.851. The topological polar surface area (TPSA) is 95.7 Å². The summed E-state index contributed by atoms with van der Waals surface area (Å²) in [4.78, 5) is 23.8. The van der Waals surface area contributed by atoms with Gasteiger partial charge in [-0.2, -0.15) is 0 Å². The van der Waals surface area contributed by atoms with Crippen molar-refractivity contribution in [1.29, 1.82) is 0 Å². The Kier molecular flexibility index (Phi) is 6.10. The molecule has 7 nitrogen and oxygen atoms in total. The largest absolute Gasteiger partial charge is 0.391 e. The molecule has 1 rings (SSSR count). The molecule has 1 atom stereocenters. The number of carbonyl (C=O) groups is 1. The molecule has 0 spiro atoms. The van der Waals surface area contributed by atoms with E-state index in [0.29, 0.717) is 12.0 Å². The highest BCUT2D eigenvalue weighted by Gasteiger charge is 2.18. The normalized spacial score (nSPS) is 11.8. The van der Waals surface area contributed by atoms with E-state index in [1.165, 1.54) is 23.1 Å². The fraction of sp³-hybridized carbons (Fsp3) is 0.500. The maximum atomic E-state index is 11.9. The number of benzene rings is 1. The molecule has 0 saturated heterocycles. The first kappa shape index (κ1) is 16.9. The zero-order chi connectivity index (χ0) is 16.0. The first-order valence-corrected chi connectivity index (χ1v) is 6.78. The van der Waals surface area contributed by atoms with Gasteiger partial charge in [0.05, 0.1) is 11.0 Å². The van der Waals surface area contributed by atoms with Crippen molar-refractivity contribution in [2.45, 2.75) is 25.9 Å². The summed E-state index contributed by atoms with van der Waals surface area (Å²) in [7, 11) is 3.23. The lowest BCUT2D eigenvalue weighted by molar-refractivity contribution is -0.384. The second-order valence-electron chi connectivity index (χ2n) is 5.01. The van der Waals surface area contributed by atoms with Crippen molar-refractivity contribution < 1.29 is 14.8 Å². The Morgan fingerprint density at radius 2 is 2.14 bits per heavy atom. The van der Waals surface area contributed by atoms with Gasteiger partial charge in [0.25, 0.3) is 11.6 Å². The summed E-state index contributed by atoms with van der Waals surface area (Å²) in [5, 5.41) is 23.6. The number of anilines is 1. The highest BCUT2D eigenvalue weighted by molar-refractivity contribution is 5.95. The molecular weight excluding hydrogens is 274 g/mol. The van der Waals surface area contributed by atoms with Gasteiger partial charge in [0.1, 0.15) is 5.69 Å². The molecule has 21 heavy (non-hydrogen) atoms. The van der Waals surface area contributed by atoms with Crippen LogP contribution in [0.3, 0.4) is 0 Å². The molecule has 0 aliphatic rings. The summed E-state index contributed by atoms with van der Waals surface area (Å²) in [6, 6.07) is 4.17. The van der Waals surface area contributed by atoms with E-state index < -0.39 is 11.0 Å². The highest BCUT2D eigenvalue weighted by Crippen LogP contribution is 2.26. The fourth-order valence-electron chi connectivity index (χ4n) is 1.89. The molecule has 1 amide bonds. The van der Waals surface area contributed by atoms with E-state index in [4.69, 9.17) is 0 Å². The Morgan fingerprint density at radius 1 is 1.48 bits per heavy atom. The number of rotatable bonds is 7. The minimum absolute atomic E-state index is 0.117. The van der Waals surface area contributed by atoms with Crippen LogP contribution in [0.5, 0.6) is 0 Å². The van der Waals surface area contributed by atoms with Crippen molar-refractivity contribution in [3.8, 4) is 0 Å². The predicted octanol–water partition coefficient (Wildman–Crippen LogP) is 1.87. The summed E-state index contributed by atoms with van der Waals surface area (Å²) < 4.78 is 0. The van der Waals surface area contributed by atoms with Crippen LogP contribution in [0.2, 0.25) is 0 Å². The Bertz CT molecular complexity index is 517. The Labute approximate surface area is 123 Å². The molecule has 0 aliphatic carbocycles. The summed E-state index contributed by atoms with van der Waals surface area (Å²) in [6.45, 7) is 2.15. The molecule has 0 fully saturated rings. The van der Waals surface area contributed by atoms with Crippen molar-refractivity contribution in [3.63, 3.8) is 0 Å². The summed E-state index contributed by atoms with van der Waals surface area (Å²) in [5.41, 5.74) is 0.481. The van der Waals surface area contributed by atoms with Gasteiger partial charge in [-0.3, -0.25) is 14.9 Å². The van der Waals surface area contributed by atoms with Gasteiger partial charge in [-0.1, -0.05) is 13.3 Å². The second kappa shape index (κ2) is 7.58. The van der Waals surface area contributed by atoms with Crippen molar-refractivity contribution in [2.75, 3.05) is 26.0 Å². The third kappa shape index (κ3) is 4.71. The van der Waals surface area contributed by atoms with Crippen LogP contribution in [0.25, 0.3) is 0 Å². The maximum Gasteiger partial charge on any atom is 0.292 e. The minimum Gasteiger partial charge on any atom is -0.391 e. The third-order valence-corrected chi connectivity index (χ3v) is 3.00. The molecule has 0 aliphatic heterocycles. The highest BCUT2D eigenvalue weighted by atomic mass is 16.6. The van der Waals surface area contributed by atoms with Gasteiger partial charge in [-0.25, -0.2) is 0 Å².